The van der Waals surface area contributed by atoms with Crippen molar-refractivity contribution in [2.45, 2.75) is 42.0 Å². The van der Waals surface area contributed by atoms with Crippen LogP contribution in [0.25, 0.3) is 0 Å². The molecule has 2 saturated heterocycles. The van der Waals surface area contributed by atoms with Crippen molar-refractivity contribution in [1.82, 2.24) is 4.90 Å². The Hall–Kier alpha value is 0.660. The molecule has 11 heavy (non-hydrogen) atoms. The summed E-state index contributed by atoms with van der Waals surface area (Å²) in [6.07, 6.45) is 2.83. The summed E-state index contributed by atoms with van der Waals surface area (Å²) in [6, 6.07) is 0. The minimum Gasteiger partial charge on any atom is -0.280 e. The normalized spacial score (nSPS) is 45.8. The molecule has 0 saturated carbocycles. The molecule has 0 aromatic rings. The van der Waals surface area contributed by atoms with E-state index in [1.807, 2.05) is 0 Å². The number of thioether (sulfide) groups is 2. The molecule has 1 nitrogen and oxygen atoms in total. The lowest BCUT2D eigenvalue weighted by molar-refractivity contribution is 0.307. The first-order valence-corrected chi connectivity index (χ1v) is 6.22. The van der Waals surface area contributed by atoms with Gasteiger partial charge in [-0.15, -0.1) is 23.5 Å². The second-order valence-electron chi connectivity index (χ2n) is 3.27. The highest BCUT2D eigenvalue weighted by Crippen LogP contribution is 2.44. The third kappa shape index (κ3) is 1.56. The fourth-order valence-electron chi connectivity index (χ4n) is 1.93. The van der Waals surface area contributed by atoms with Gasteiger partial charge in [0.2, 0.25) is 0 Å². The van der Waals surface area contributed by atoms with Crippen molar-refractivity contribution in [3.05, 3.63) is 0 Å². The van der Waals surface area contributed by atoms with E-state index in [-0.39, 0.29) is 0 Å². The summed E-state index contributed by atoms with van der Waals surface area (Å²) in [4.78, 5) is 2.65. The Morgan fingerprint density at radius 2 is 2.09 bits per heavy atom. The first-order chi connectivity index (χ1) is 5.27. The Balaban J connectivity index is 2.04. The summed E-state index contributed by atoms with van der Waals surface area (Å²) in [5.41, 5.74) is 0. The highest BCUT2D eigenvalue weighted by molar-refractivity contribution is 8.18. The molecule has 0 amide bonds. The molecule has 0 radical (unpaired) electrons. The molecule has 0 spiro atoms. The lowest BCUT2D eigenvalue weighted by atomic mass is 10.4. The molecular weight excluding hydrogens is 174 g/mol. The third-order valence-electron chi connectivity index (χ3n) is 2.44. The first-order valence-electron chi connectivity index (χ1n) is 4.34. The summed E-state index contributed by atoms with van der Waals surface area (Å²) < 4.78 is 0.810. The van der Waals surface area contributed by atoms with E-state index in [0.29, 0.717) is 0 Å². The van der Waals surface area contributed by atoms with Gasteiger partial charge in [0.25, 0.3) is 0 Å². The van der Waals surface area contributed by atoms with Crippen LogP contribution in [0.3, 0.4) is 0 Å². The maximum Gasteiger partial charge on any atom is 0.0578 e. The van der Waals surface area contributed by atoms with Crippen molar-refractivity contribution in [3.8, 4) is 0 Å². The van der Waals surface area contributed by atoms with E-state index >= 15 is 0 Å². The Morgan fingerprint density at radius 3 is 2.91 bits per heavy atom. The fraction of sp³-hybridized carbons (Fsp3) is 1.00. The zero-order chi connectivity index (χ0) is 7.84. The maximum atomic E-state index is 2.65. The Bertz CT molecular complexity index is 151. The SMILES string of the molecule is C[C@H]1S[C@H]2CCCN2[C@@H](C)S1. The molecule has 0 aliphatic carbocycles. The fourth-order valence-corrected chi connectivity index (χ4v) is 5.28. The van der Waals surface area contributed by atoms with E-state index in [9.17, 15) is 0 Å². The zero-order valence-electron chi connectivity index (χ0n) is 7.12. The maximum absolute atomic E-state index is 2.65. The first kappa shape index (κ1) is 8.27. The summed E-state index contributed by atoms with van der Waals surface area (Å²) >= 11 is 4.26. The predicted octanol–water partition coefficient (Wildman–Crippen LogP) is 2.58. The van der Waals surface area contributed by atoms with Crippen LogP contribution in [-0.4, -0.2) is 26.8 Å². The van der Waals surface area contributed by atoms with E-state index in [4.69, 9.17) is 0 Å². The van der Waals surface area contributed by atoms with Crippen molar-refractivity contribution in [2.24, 2.45) is 0 Å². The number of nitrogens with zero attached hydrogens (tertiary/aromatic N) is 1. The Kier molecular flexibility index (Phi) is 2.40. The van der Waals surface area contributed by atoms with Crippen LogP contribution in [0.15, 0.2) is 0 Å². The quantitative estimate of drug-likeness (QED) is 0.576. The average Bonchev–Trinajstić information content (AvgIpc) is 2.34. The Morgan fingerprint density at radius 1 is 1.27 bits per heavy atom. The largest absolute Gasteiger partial charge is 0.280 e. The molecule has 2 heterocycles. The lowest BCUT2D eigenvalue weighted by Crippen LogP contribution is -2.38. The molecule has 2 rings (SSSR count). The van der Waals surface area contributed by atoms with Gasteiger partial charge in [0, 0.05) is 6.54 Å². The van der Waals surface area contributed by atoms with Gasteiger partial charge in [-0.05, 0) is 26.7 Å². The Labute approximate surface area is 77.3 Å². The lowest BCUT2D eigenvalue weighted by Gasteiger charge is -2.37. The molecule has 2 aliphatic heterocycles. The summed E-state index contributed by atoms with van der Waals surface area (Å²) in [5.74, 6) is 0. The average molecular weight is 189 g/mol. The van der Waals surface area contributed by atoms with Crippen LogP contribution in [0.1, 0.15) is 26.7 Å². The smallest absolute Gasteiger partial charge is 0.0578 e. The summed E-state index contributed by atoms with van der Waals surface area (Å²) in [6.45, 7) is 6.01. The molecule has 0 bridgehead atoms. The van der Waals surface area contributed by atoms with Gasteiger partial charge in [0.15, 0.2) is 0 Å². The zero-order valence-corrected chi connectivity index (χ0v) is 8.75. The topological polar surface area (TPSA) is 3.24 Å². The van der Waals surface area contributed by atoms with Gasteiger partial charge >= 0.3 is 0 Å². The van der Waals surface area contributed by atoms with E-state index in [0.717, 1.165) is 15.3 Å². The molecule has 0 N–H and O–H groups in total. The highest BCUT2D eigenvalue weighted by Gasteiger charge is 2.35. The molecule has 0 aromatic heterocycles. The predicted molar refractivity (Wildman–Crippen MR) is 53.8 cm³/mol. The second kappa shape index (κ2) is 3.19. The van der Waals surface area contributed by atoms with Gasteiger partial charge in [-0.3, -0.25) is 4.90 Å². The van der Waals surface area contributed by atoms with E-state index in [1.54, 1.807) is 0 Å². The van der Waals surface area contributed by atoms with Crippen LogP contribution in [0, 0.1) is 0 Å². The van der Waals surface area contributed by atoms with E-state index in [2.05, 4.69) is 42.3 Å². The minimum absolute atomic E-state index is 0.763. The van der Waals surface area contributed by atoms with Crippen molar-refractivity contribution in [2.75, 3.05) is 6.54 Å². The molecule has 2 aliphatic rings. The minimum atomic E-state index is 0.763. The van der Waals surface area contributed by atoms with Crippen molar-refractivity contribution in [3.63, 3.8) is 0 Å². The van der Waals surface area contributed by atoms with Crippen molar-refractivity contribution < 1.29 is 0 Å². The van der Waals surface area contributed by atoms with Gasteiger partial charge in [-0.2, -0.15) is 0 Å². The van der Waals surface area contributed by atoms with Gasteiger partial charge in [0.05, 0.1) is 15.3 Å². The van der Waals surface area contributed by atoms with Crippen molar-refractivity contribution >= 4 is 23.5 Å². The van der Waals surface area contributed by atoms with Crippen LogP contribution in [0.4, 0.5) is 0 Å². The van der Waals surface area contributed by atoms with E-state index < -0.39 is 0 Å². The van der Waals surface area contributed by atoms with Crippen molar-refractivity contribution in [1.29, 1.82) is 0 Å². The standard InChI is InChI=1S/C8H15NS2/c1-6-9-5-3-4-8(9)11-7(2)10-6/h6-8H,3-5H2,1-2H3/t6-,7-,8+/m1/s1. The van der Waals surface area contributed by atoms with Gasteiger partial charge in [-0.1, -0.05) is 0 Å². The van der Waals surface area contributed by atoms with E-state index in [1.165, 1.54) is 19.4 Å². The molecule has 3 atom stereocenters. The van der Waals surface area contributed by atoms with Gasteiger partial charge in [0.1, 0.15) is 0 Å². The van der Waals surface area contributed by atoms with Crippen LogP contribution < -0.4 is 0 Å². The van der Waals surface area contributed by atoms with Gasteiger partial charge < -0.3 is 0 Å². The van der Waals surface area contributed by atoms with Crippen LogP contribution in [0.2, 0.25) is 0 Å². The number of hydrogen-bond acceptors (Lipinski definition) is 3. The molecule has 3 heteroatoms. The second-order valence-corrected chi connectivity index (χ2v) is 6.76. The monoisotopic (exact) mass is 189 g/mol. The van der Waals surface area contributed by atoms with Crippen LogP contribution >= 0.6 is 23.5 Å². The van der Waals surface area contributed by atoms with Gasteiger partial charge in [-0.25, -0.2) is 0 Å². The summed E-state index contributed by atoms with van der Waals surface area (Å²) in [5, 5.41) is 1.61. The number of fused-ring (bicyclic) bond motifs is 1. The molecule has 64 valence electrons. The highest BCUT2D eigenvalue weighted by atomic mass is 32.2. The molecular formula is C8H15NS2. The summed E-state index contributed by atoms with van der Waals surface area (Å²) in [7, 11) is 0. The molecule has 0 unspecified atom stereocenters. The van der Waals surface area contributed by atoms with Crippen LogP contribution in [0.5, 0.6) is 0 Å². The number of rotatable bonds is 0. The molecule has 2 fully saturated rings. The number of hydrogen-bond donors (Lipinski definition) is 0. The third-order valence-corrected chi connectivity index (χ3v) is 5.36. The van der Waals surface area contributed by atoms with Crippen LogP contribution in [-0.2, 0) is 0 Å². The molecule has 0 aromatic carbocycles.